The number of carbonyl (C=O) groups excluding carboxylic acids is 1. The summed E-state index contributed by atoms with van der Waals surface area (Å²) in [5.41, 5.74) is 0.432. The second-order valence-electron chi connectivity index (χ2n) is 7.53. The van der Waals surface area contributed by atoms with Crippen LogP contribution in [-0.4, -0.2) is 46.7 Å². The van der Waals surface area contributed by atoms with Gasteiger partial charge in [0.2, 0.25) is 5.91 Å². The number of nitrogens with zero attached hydrogens (tertiary/aromatic N) is 2. The van der Waals surface area contributed by atoms with Crippen LogP contribution in [0.5, 0.6) is 5.75 Å². The highest BCUT2D eigenvalue weighted by atomic mass is 32.2. The van der Waals surface area contributed by atoms with Gasteiger partial charge in [-0.05, 0) is 37.1 Å². The Hall–Kier alpha value is -1.90. The van der Waals surface area contributed by atoms with E-state index in [1.54, 1.807) is 11.8 Å². The molecular weight excluding hydrogens is 403 g/mol. The van der Waals surface area contributed by atoms with Crippen LogP contribution in [-0.2, 0) is 4.79 Å². The molecule has 0 spiro atoms. The van der Waals surface area contributed by atoms with E-state index >= 15 is 0 Å². The lowest BCUT2D eigenvalue weighted by atomic mass is 9.96. The number of hydrogen-bond acceptors (Lipinski definition) is 4. The summed E-state index contributed by atoms with van der Waals surface area (Å²) in [6, 6.07) is 5.55. The van der Waals surface area contributed by atoms with Crippen molar-refractivity contribution >= 4 is 28.5 Å². The molecule has 1 aliphatic heterocycles. The molecule has 2 aliphatic rings. The molecule has 1 aliphatic carbocycles. The summed E-state index contributed by atoms with van der Waals surface area (Å²) in [5, 5.41) is 3.97. The minimum Gasteiger partial charge on any atom is -0.406 e. The zero-order chi connectivity index (χ0) is 21.0. The average molecular weight is 430 g/mol. The molecule has 0 aromatic heterocycles. The Morgan fingerprint density at radius 3 is 2.52 bits per heavy atom. The molecule has 5 nitrogen and oxygen atoms in total. The molecule has 1 amide bonds. The summed E-state index contributed by atoms with van der Waals surface area (Å²) in [4.78, 5) is 19.5. The van der Waals surface area contributed by atoms with Gasteiger partial charge in [0, 0.05) is 24.4 Å². The van der Waals surface area contributed by atoms with Crippen molar-refractivity contribution in [3.05, 3.63) is 24.3 Å². The summed E-state index contributed by atoms with van der Waals surface area (Å²) in [7, 11) is 1.97. The van der Waals surface area contributed by atoms with E-state index < -0.39 is 6.36 Å². The molecule has 2 atom stereocenters. The van der Waals surface area contributed by atoms with E-state index in [0.717, 1.165) is 18.0 Å². The van der Waals surface area contributed by atoms with Crippen molar-refractivity contribution in [3.8, 4) is 5.75 Å². The van der Waals surface area contributed by atoms with Gasteiger partial charge in [0.05, 0.1) is 12.1 Å². The van der Waals surface area contributed by atoms with Crippen molar-refractivity contribution in [1.29, 1.82) is 0 Å². The van der Waals surface area contributed by atoms with Gasteiger partial charge in [0.1, 0.15) is 5.75 Å². The van der Waals surface area contributed by atoms with Crippen molar-refractivity contribution in [2.45, 2.75) is 69.1 Å². The fraction of sp³-hybridized carbons (Fsp3) is 0.600. The minimum absolute atomic E-state index is 0.0233. The van der Waals surface area contributed by atoms with E-state index in [2.05, 4.69) is 21.9 Å². The lowest BCUT2D eigenvalue weighted by molar-refractivity contribution is -0.274. The number of rotatable bonds is 5. The maximum absolute atomic E-state index is 12.5. The van der Waals surface area contributed by atoms with Crippen molar-refractivity contribution in [3.63, 3.8) is 0 Å². The maximum Gasteiger partial charge on any atom is 0.573 e. The Morgan fingerprint density at radius 1 is 1.24 bits per heavy atom. The average Bonchev–Trinajstić information content (AvgIpc) is 2.90. The van der Waals surface area contributed by atoms with Crippen LogP contribution in [0.25, 0.3) is 0 Å². The Kier molecular flexibility index (Phi) is 6.97. The number of amides is 1. The van der Waals surface area contributed by atoms with E-state index in [1.165, 1.54) is 43.5 Å². The Bertz CT molecular complexity index is 733. The molecule has 1 saturated carbocycles. The van der Waals surface area contributed by atoms with E-state index in [-0.39, 0.29) is 29.4 Å². The fourth-order valence-electron chi connectivity index (χ4n) is 3.72. The van der Waals surface area contributed by atoms with Crippen LogP contribution in [0, 0.1) is 0 Å². The number of halogens is 3. The van der Waals surface area contributed by atoms with Crippen LogP contribution in [0.15, 0.2) is 29.3 Å². The SMILES string of the molecule is CC1SC(=NC2CCCCC2)N(C)C1CC(=O)Nc1ccc(OC(F)(F)F)cc1. The number of carbonyl (C=O) groups is 1. The fourth-order valence-corrected chi connectivity index (χ4v) is 5.00. The van der Waals surface area contributed by atoms with Crippen molar-refractivity contribution < 1.29 is 22.7 Å². The number of aliphatic imine (C=N–C) groups is 1. The first-order valence-corrected chi connectivity index (χ1v) is 10.7. The molecule has 2 fully saturated rings. The van der Waals surface area contributed by atoms with E-state index in [0.29, 0.717) is 11.7 Å². The lowest BCUT2D eigenvalue weighted by Gasteiger charge is -2.24. The van der Waals surface area contributed by atoms with Gasteiger partial charge in [-0.25, -0.2) is 0 Å². The molecule has 160 valence electrons. The second-order valence-corrected chi connectivity index (χ2v) is 8.87. The van der Waals surface area contributed by atoms with Crippen LogP contribution < -0.4 is 10.1 Å². The van der Waals surface area contributed by atoms with Crippen LogP contribution in [0.2, 0.25) is 0 Å². The number of anilines is 1. The standard InChI is InChI=1S/C20H26F3N3O2S/c1-13-17(26(2)19(29-13)25-14-6-4-3-5-7-14)12-18(27)24-15-8-10-16(11-9-15)28-20(21,22)23/h8-11,13-14,17H,3-7,12H2,1-2H3,(H,24,27). The smallest absolute Gasteiger partial charge is 0.406 e. The van der Waals surface area contributed by atoms with Gasteiger partial charge in [0.15, 0.2) is 5.17 Å². The monoisotopic (exact) mass is 429 g/mol. The highest BCUT2D eigenvalue weighted by Crippen LogP contribution is 2.34. The van der Waals surface area contributed by atoms with Gasteiger partial charge in [-0.15, -0.1) is 13.2 Å². The predicted octanol–water partition coefficient (Wildman–Crippen LogP) is 5.04. The Balaban J connectivity index is 1.55. The molecular formula is C20H26F3N3O2S. The third-order valence-corrected chi connectivity index (χ3v) is 6.56. The van der Waals surface area contributed by atoms with E-state index in [1.807, 2.05) is 7.05 Å². The Morgan fingerprint density at radius 2 is 1.90 bits per heavy atom. The highest BCUT2D eigenvalue weighted by molar-refractivity contribution is 8.14. The lowest BCUT2D eigenvalue weighted by Crippen LogP contribution is -2.36. The van der Waals surface area contributed by atoms with Crippen LogP contribution >= 0.6 is 11.8 Å². The number of benzene rings is 1. The van der Waals surface area contributed by atoms with Crippen molar-refractivity contribution in [1.82, 2.24) is 4.90 Å². The molecule has 3 rings (SSSR count). The molecule has 0 radical (unpaired) electrons. The number of nitrogens with one attached hydrogen (secondary N) is 1. The number of hydrogen-bond donors (Lipinski definition) is 1. The number of thioether (sulfide) groups is 1. The zero-order valence-electron chi connectivity index (χ0n) is 16.5. The van der Waals surface area contributed by atoms with Gasteiger partial charge in [-0.1, -0.05) is 37.9 Å². The van der Waals surface area contributed by atoms with Gasteiger partial charge >= 0.3 is 6.36 Å². The molecule has 2 unspecified atom stereocenters. The molecule has 29 heavy (non-hydrogen) atoms. The summed E-state index contributed by atoms with van der Waals surface area (Å²) < 4.78 is 40.5. The predicted molar refractivity (Wildman–Crippen MR) is 109 cm³/mol. The van der Waals surface area contributed by atoms with E-state index in [4.69, 9.17) is 4.99 Å². The van der Waals surface area contributed by atoms with E-state index in [9.17, 15) is 18.0 Å². The van der Waals surface area contributed by atoms with Crippen molar-refractivity contribution in [2.24, 2.45) is 4.99 Å². The number of alkyl halides is 3. The largest absolute Gasteiger partial charge is 0.573 e. The highest BCUT2D eigenvalue weighted by Gasteiger charge is 2.36. The zero-order valence-corrected chi connectivity index (χ0v) is 17.4. The number of amidine groups is 1. The topological polar surface area (TPSA) is 53.9 Å². The molecule has 1 aromatic rings. The molecule has 1 saturated heterocycles. The molecule has 1 heterocycles. The van der Waals surface area contributed by atoms with Crippen LogP contribution in [0.3, 0.4) is 0 Å². The minimum atomic E-state index is -4.73. The molecule has 9 heteroatoms. The third kappa shape index (κ3) is 6.29. The Labute approximate surface area is 173 Å². The van der Waals surface area contributed by atoms with Gasteiger partial charge < -0.3 is 15.0 Å². The molecule has 1 aromatic carbocycles. The first-order valence-electron chi connectivity index (χ1n) is 9.84. The summed E-state index contributed by atoms with van der Waals surface area (Å²) in [6.07, 6.45) is 1.55. The maximum atomic E-state index is 12.5. The summed E-state index contributed by atoms with van der Waals surface area (Å²) in [5.74, 6) is -0.502. The first-order chi connectivity index (χ1) is 13.7. The quantitative estimate of drug-likeness (QED) is 0.713. The van der Waals surface area contributed by atoms with Gasteiger partial charge in [-0.2, -0.15) is 0 Å². The second kappa shape index (κ2) is 9.28. The van der Waals surface area contributed by atoms with Crippen molar-refractivity contribution in [2.75, 3.05) is 12.4 Å². The summed E-state index contributed by atoms with van der Waals surface area (Å²) >= 11 is 1.70. The third-order valence-electron chi connectivity index (χ3n) is 5.27. The van der Waals surface area contributed by atoms with Crippen LogP contribution in [0.1, 0.15) is 45.4 Å². The number of ether oxygens (including phenoxy) is 1. The van der Waals surface area contributed by atoms with Gasteiger partial charge in [-0.3, -0.25) is 9.79 Å². The summed E-state index contributed by atoms with van der Waals surface area (Å²) in [6.45, 7) is 2.09. The molecule has 1 N–H and O–H groups in total. The first kappa shape index (κ1) is 21.8. The van der Waals surface area contributed by atoms with Crippen LogP contribution in [0.4, 0.5) is 18.9 Å². The normalized spacial score (nSPS) is 24.7. The molecule has 0 bridgehead atoms. The van der Waals surface area contributed by atoms with Gasteiger partial charge in [0.25, 0.3) is 0 Å².